The molecule has 3 N–H and O–H groups in total. The highest BCUT2D eigenvalue weighted by molar-refractivity contribution is 6.00. The third-order valence-electron chi connectivity index (χ3n) is 6.22. The third-order valence-corrected chi connectivity index (χ3v) is 6.22. The van der Waals surface area contributed by atoms with E-state index in [4.69, 9.17) is 25.1 Å². The predicted octanol–water partition coefficient (Wildman–Crippen LogP) is 2.81. The molecule has 0 atom stereocenters. The minimum absolute atomic E-state index is 0.150. The molecule has 6 rings (SSSR count). The molecule has 176 valence electrons. The smallest absolute Gasteiger partial charge is 0.165 e. The molecule has 2 fully saturated rings. The van der Waals surface area contributed by atoms with Crippen LogP contribution in [0.15, 0.2) is 17.0 Å². The highest BCUT2D eigenvalue weighted by atomic mass is 16.5. The summed E-state index contributed by atoms with van der Waals surface area (Å²) in [7, 11) is 0. The summed E-state index contributed by atoms with van der Waals surface area (Å²) in [6, 6.07) is 0. The predicted molar refractivity (Wildman–Crippen MR) is 125 cm³/mol. The molecule has 4 aromatic heterocycles. The van der Waals surface area contributed by atoms with Crippen LogP contribution in [0, 0.1) is 6.92 Å². The van der Waals surface area contributed by atoms with Gasteiger partial charge < -0.3 is 20.3 Å². The first-order valence-electron chi connectivity index (χ1n) is 11.5. The van der Waals surface area contributed by atoms with E-state index in [1.165, 1.54) is 6.33 Å². The molecular weight excluding hydrogens is 434 g/mol. The van der Waals surface area contributed by atoms with Gasteiger partial charge in [-0.15, -0.1) is 0 Å². The van der Waals surface area contributed by atoms with E-state index in [0.29, 0.717) is 45.7 Å². The van der Waals surface area contributed by atoms with Crippen molar-refractivity contribution in [3.8, 4) is 28.5 Å². The fraction of sp³-hybridized carbons (Fsp3) is 0.478. The Morgan fingerprint density at radius 3 is 2.59 bits per heavy atom. The van der Waals surface area contributed by atoms with Gasteiger partial charge in [-0.1, -0.05) is 5.16 Å². The van der Waals surface area contributed by atoms with Crippen LogP contribution < -0.4 is 15.8 Å². The Morgan fingerprint density at radius 1 is 1.15 bits per heavy atom. The first kappa shape index (κ1) is 21.0. The zero-order chi connectivity index (χ0) is 23.6. The van der Waals surface area contributed by atoms with Gasteiger partial charge in [-0.05, 0) is 40.5 Å². The summed E-state index contributed by atoms with van der Waals surface area (Å²) < 4.78 is 13.7. The van der Waals surface area contributed by atoms with E-state index in [0.717, 1.165) is 42.9 Å². The molecule has 0 unspecified atom stereocenters. The van der Waals surface area contributed by atoms with Crippen molar-refractivity contribution < 1.29 is 9.26 Å². The van der Waals surface area contributed by atoms with Gasteiger partial charge in [0.1, 0.15) is 29.6 Å². The number of fused-ring (bicyclic) bond motifs is 1. The number of nitrogens with zero attached hydrogens (tertiary/aromatic N) is 7. The lowest BCUT2D eigenvalue weighted by Crippen LogP contribution is -2.50. The molecule has 0 aromatic carbocycles. The standard InChI is InChI=1S/C23H27N9O2/c1-11-14(33-13-7-25-8-13)9-26-21(29-11)15-18(31-34-19(15)12-5-6-12)17-16-20(24)27-10-28-22(16)32(30-17)23(2,3)4/h9-10,12-13,25H,5-8H2,1-4H3,(H2,24,27,28). The summed E-state index contributed by atoms with van der Waals surface area (Å²) in [5, 5.41) is 13.2. The number of aryl methyl sites for hydroxylation is 1. The Balaban J connectivity index is 1.53. The van der Waals surface area contributed by atoms with Crippen LogP contribution in [0.1, 0.15) is 51.0 Å². The van der Waals surface area contributed by atoms with Crippen molar-refractivity contribution in [1.29, 1.82) is 0 Å². The number of nitrogens with two attached hydrogens (primary N) is 1. The highest BCUT2D eigenvalue weighted by Crippen LogP contribution is 2.48. The maximum absolute atomic E-state index is 6.31. The average Bonchev–Trinajstić information content (AvgIpc) is 3.37. The van der Waals surface area contributed by atoms with Crippen LogP contribution in [0.25, 0.3) is 33.8 Å². The van der Waals surface area contributed by atoms with Crippen LogP contribution in [0.5, 0.6) is 5.75 Å². The number of rotatable bonds is 5. The SMILES string of the molecule is Cc1nc(-c2c(-c3nn(C(C)(C)C)c4ncnc(N)c34)noc2C2CC2)ncc1OC1CNC1. The third kappa shape index (κ3) is 3.38. The summed E-state index contributed by atoms with van der Waals surface area (Å²) in [5.74, 6) is 2.62. The van der Waals surface area contributed by atoms with Crippen LogP contribution in [-0.2, 0) is 5.54 Å². The average molecular weight is 462 g/mol. The summed E-state index contributed by atoms with van der Waals surface area (Å²) in [6.45, 7) is 9.76. The van der Waals surface area contributed by atoms with Gasteiger partial charge in [-0.3, -0.25) is 0 Å². The lowest BCUT2D eigenvalue weighted by Gasteiger charge is -2.28. The Kier molecular flexibility index (Phi) is 4.60. The van der Waals surface area contributed by atoms with Crippen molar-refractivity contribution >= 4 is 16.9 Å². The maximum Gasteiger partial charge on any atom is 0.165 e. The molecule has 1 saturated heterocycles. The minimum Gasteiger partial charge on any atom is -0.484 e. The molecule has 0 bridgehead atoms. The van der Waals surface area contributed by atoms with Crippen LogP contribution in [0.2, 0.25) is 0 Å². The molecule has 4 aromatic rings. The number of nitrogens with one attached hydrogen (secondary N) is 1. The number of nitrogen functional groups attached to an aromatic ring is 1. The van der Waals surface area contributed by atoms with Crippen LogP contribution in [0.3, 0.4) is 0 Å². The first-order chi connectivity index (χ1) is 16.3. The number of anilines is 1. The largest absolute Gasteiger partial charge is 0.484 e. The van der Waals surface area contributed by atoms with E-state index >= 15 is 0 Å². The first-order valence-corrected chi connectivity index (χ1v) is 11.5. The van der Waals surface area contributed by atoms with Gasteiger partial charge in [0.2, 0.25) is 0 Å². The van der Waals surface area contributed by atoms with Crippen molar-refractivity contribution in [2.45, 2.75) is 58.1 Å². The Bertz CT molecular complexity index is 1390. The summed E-state index contributed by atoms with van der Waals surface area (Å²) in [6.07, 6.45) is 5.41. The topological polar surface area (TPSA) is 143 Å². The highest BCUT2D eigenvalue weighted by Gasteiger charge is 2.36. The van der Waals surface area contributed by atoms with Crippen LogP contribution in [0.4, 0.5) is 5.82 Å². The molecule has 1 saturated carbocycles. The molecule has 5 heterocycles. The Hall–Kier alpha value is -3.60. The second kappa shape index (κ2) is 7.45. The minimum atomic E-state index is -0.330. The van der Waals surface area contributed by atoms with Crippen molar-refractivity contribution in [2.24, 2.45) is 0 Å². The van der Waals surface area contributed by atoms with Crippen molar-refractivity contribution in [1.82, 2.24) is 40.2 Å². The van der Waals surface area contributed by atoms with Crippen molar-refractivity contribution in [3.05, 3.63) is 24.0 Å². The van der Waals surface area contributed by atoms with E-state index in [1.54, 1.807) is 6.20 Å². The lowest BCUT2D eigenvalue weighted by molar-refractivity contribution is 0.140. The van der Waals surface area contributed by atoms with Crippen molar-refractivity contribution in [2.75, 3.05) is 18.8 Å². The molecule has 11 heteroatoms. The molecule has 0 amide bonds. The monoisotopic (exact) mass is 461 g/mol. The Morgan fingerprint density at radius 2 is 1.94 bits per heavy atom. The molecule has 1 aliphatic carbocycles. The number of hydrogen-bond acceptors (Lipinski definition) is 10. The zero-order valence-electron chi connectivity index (χ0n) is 19.7. The number of aromatic nitrogens is 7. The van der Waals surface area contributed by atoms with E-state index in [2.05, 4.69) is 46.2 Å². The zero-order valence-corrected chi connectivity index (χ0v) is 19.7. The van der Waals surface area contributed by atoms with Gasteiger partial charge in [0, 0.05) is 19.0 Å². The van der Waals surface area contributed by atoms with E-state index in [9.17, 15) is 0 Å². The molecule has 1 aliphatic heterocycles. The number of hydrogen-bond donors (Lipinski definition) is 2. The van der Waals surface area contributed by atoms with Gasteiger partial charge in [0.25, 0.3) is 0 Å². The van der Waals surface area contributed by atoms with Crippen LogP contribution in [-0.4, -0.2) is 54.1 Å². The summed E-state index contributed by atoms with van der Waals surface area (Å²) in [4.78, 5) is 18.1. The van der Waals surface area contributed by atoms with E-state index in [-0.39, 0.29) is 11.6 Å². The fourth-order valence-corrected chi connectivity index (χ4v) is 4.13. The van der Waals surface area contributed by atoms with Gasteiger partial charge in [0.05, 0.1) is 28.4 Å². The van der Waals surface area contributed by atoms with Crippen LogP contribution >= 0.6 is 0 Å². The Labute approximate surface area is 196 Å². The lowest BCUT2D eigenvalue weighted by atomic mass is 10.1. The molecule has 11 nitrogen and oxygen atoms in total. The molecule has 2 aliphatic rings. The summed E-state index contributed by atoms with van der Waals surface area (Å²) in [5.41, 5.74) is 9.25. The second-order valence-electron chi connectivity index (χ2n) is 9.97. The van der Waals surface area contributed by atoms with Gasteiger partial charge >= 0.3 is 0 Å². The summed E-state index contributed by atoms with van der Waals surface area (Å²) >= 11 is 0. The maximum atomic E-state index is 6.31. The molecular formula is C23H27N9O2. The van der Waals surface area contributed by atoms with Gasteiger partial charge in [-0.25, -0.2) is 24.6 Å². The fourth-order valence-electron chi connectivity index (χ4n) is 4.13. The normalized spacial score (nSPS) is 16.7. The molecule has 34 heavy (non-hydrogen) atoms. The van der Waals surface area contributed by atoms with Crippen molar-refractivity contribution in [3.63, 3.8) is 0 Å². The van der Waals surface area contributed by atoms with E-state index < -0.39 is 0 Å². The molecule has 0 radical (unpaired) electrons. The van der Waals surface area contributed by atoms with E-state index in [1.807, 2.05) is 11.6 Å². The van der Waals surface area contributed by atoms with Gasteiger partial charge in [0.15, 0.2) is 23.0 Å². The number of ether oxygens (including phenoxy) is 1. The van der Waals surface area contributed by atoms with Gasteiger partial charge in [-0.2, -0.15) is 5.10 Å². The molecule has 0 spiro atoms. The second-order valence-corrected chi connectivity index (χ2v) is 9.97. The quantitative estimate of drug-likeness (QED) is 0.455.